The third-order valence-corrected chi connectivity index (χ3v) is 3.65. The Morgan fingerprint density at radius 1 is 1.31 bits per heavy atom. The van der Waals surface area contributed by atoms with E-state index in [4.69, 9.17) is 0 Å². The molecule has 0 aliphatic carbocycles. The summed E-state index contributed by atoms with van der Waals surface area (Å²) in [5, 5.41) is 3.22. The van der Waals surface area contributed by atoms with Crippen molar-refractivity contribution in [3.8, 4) is 0 Å². The van der Waals surface area contributed by atoms with Gasteiger partial charge in [0.05, 0.1) is 0 Å². The molecule has 0 radical (unpaired) electrons. The minimum atomic E-state index is -0.400. The maximum Gasteiger partial charge on any atom is 0.137 e. The monoisotopic (exact) mass is 283 g/mol. The Balaban J connectivity index is 3.07. The molecule has 0 bridgehead atoms. The Morgan fingerprint density at radius 3 is 2.19 bits per heavy atom. The Labute approximate surface area is 106 Å². The van der Waals surface area contributed by atoms with Crippen LogP contribution in [0.15, 0.2) is 28.7 Å². The zero-order valence-electron chi connectivity index (χ0n) is 10.2. The highest BCUT2D eigenvalue weighted by Crippen LogP contribution is 2.34. The second kappa shape index (κ2) is 5.11. The van der Waals surface area contributed by atoms with Crippen LogP contribution in [0, 0.1) is 5.41 Å². The lowest BCUT2D eigenvalue weighted by Crippen LogP contribution is -2.37. The van der Waals surface area contributed by atoms with Crippen LogP contribution in [0.1, 0.15) is 32.4 Å². The highest BCUT2D eigenvalue weighted by Gasteiger charge is 2.33. The minimum Gasteiger partial charge on any atom is -0.312 e. The van der Waals surface area contributed by atoms with E-state index in [1.54, 1.807) is 6.92 Å². The average molecular weight is 284 g/mol. The number of benzene rings is 1. The molecule has 16 heavy (non-hydrogen) atoms. The molecule has 0 aromatic heterocycles. The van der Waals surface area contributed by atoms with E-state index < -0.39 is 5.41 Å². The quantitative estimate of drug-likeness (QED) is 0.919. The summed E-state index contributed by atoms with van der Waals surface area (Å²) >= 11 is 3.41. The SMILES string of the molecule is CNC(c1ccc(Br)cc1)C(C)(C)C(C)=O. The molecule has 0 aliphatic rings. The van der Waals surface area contributed by atoms with Crippen LogP contribution in [0.2, 0.25) is 0 Å². The molecule has 2 nitrogen and oxygen atoms in total. The first-order valence-electron chi connectivity index (χ1n) is 5.33. The summed E-state index contributed by atoms with van der Waals surface area (Å²) < 4.78 is 1.05. The van der Waals surface area contributed by atoms with Gasteiger partial charge in [-0.1, -0.05) is 41.9 Å². The molecule has 0 saturated carbocycles. The van der Waals surface area contributed by atoms with Gasteiger partial charge in [0.25, 0.3) is 0 Å². The normalized spacial score (nSPS) is 13.6. The van der Waals surface area contributed by atoms with Gasteiger partial charge < -0.3 is 5.32 Å². The van der Waals surface area contributed by atoms with E-state index in [1.165, 1.54) is 0 Å². The number of carbonyl (C=O) groups excluding carboxylic acids is 1. The van der Waals surface area contributed by atoms with Crippen molar-refractivity contribution in [3.63, 3.8) is 0 Å². The van der Waals surface area contributed by atoms with Crippen molar-refractivity contribution >= 4 is 21.7 Å². The highest BCUT2D eigenvalue weighted by atomic mass is 79.9. The van der Waals surface area contributed by atoms with E-state index in [1.807, 2.05) is 45.2 Å². The minimum absolute atomic E-state index is 0.0399. The van der Waals surface area contributed by atoms with E-state index >= 15 is 0 Å². The number of nitrogens with one attached hydrogen (secondary N) is 1. The molecular weight excluding hydrogens is 266 g/mol. The van der Waals surface area contributed by atoms with Gasteiger partial charge in [0.1, 0.15) is 5.78 Å². The first kappa shape index (κ1) is 13.4. The van der Waals surface area contributed by atoms with Gasteiger partial charge in [0.2, 0.25) is 0 Å². The van der Waals surface area contributed by atoms with Gasteiger partial charge in [-0.15, -0.1) is 0 Å². The van der Waals surface area contributed by atoms with Gasteiger partial charge in [0.15, 0.2) is 0 Å². The van der Waals surface area contributed by atoms with Gasteiger partial charge in [-0.3, -0.25) is 4.79 Å². The summed E-state index contributed by atoms with van der Waals surface area (Å²) in [4.78, 5) is 11.7. The molecule has 1 rings (SSSR count). The topological polar surface area (TPSA) is 29.1 Å². The molecule has 0 amide bonds. The van der Waals surface area contributed by atoms with Gasteiger partial charge in [-0.2, -0.15) is 0 Å². The van der Waals surface area contributed by atoms with Crippen LogP contribution < -0.4 is 5.32 Å². The van der Waals surface area contributed by atoms with Gasteiger partial charge in [-0.25, -0.2) is 0 Å². The first-order valence-corrected chi connectivity index (χ1v) is 6.12. The molecule has 1 N–H and O–H groups in total. The maximum absolute atomic E-state index is 11.7. The molecule has 0 heterocycles. The molecule has 1 atom stereocenters. The van der Waals surface area contributed by atoms with Gasteiger partial charge in [0, 0.05) is 15.9 Å². The summed E-state index contributed by atoms with van der Waals surface area (Å²) in [6.07, 6.45) is 0. The number of carbonyl (C=O) groups is 1. The number of hydrogen-bond donors (Lipinski definition) is 1. The van der Waals surface area contributed by atoms with E-state index in [2.05, 4.69) is 21.2 Å². The summed E-state index contributed by atoms with van der Waals surface area (Å²) in [7, 11) is 1.89. The van der Waals surface area contributed by atoms with E-state index in [-0.39, 0.29) is 11.8 Å². The standard InChI is InChI=1S/C13H18BrNO/c1-9(16)13(2,3)12(15-4)10-5-7-11(14)8-6-10/h5-8,12,15H,1-4H3. The number of ketones is 1. The predicted molar refractivity (Wildman–Crippen MR) is 70.4 cm³/mol. The fraction of sp³-hybridized carbons (Fsp3) is 0.462. The van der Waals surface area contributed by atoms with Crippen molar-refractivity contribution in [2.24, 2.45) is 5.41 Å². The molecular formula is C13H18BrNO. The zero-order chi connectivity index (χ0) is 12.3. The molecule has 1 unspecified atom stereocenters. The average Bonchev–Trinajstić information content (AvgIpc) is 2.21. The number of rotatable bonds is 4. The Bertz CT molecular complexity index is 370. The summed E-state index contributed by atoms with van der Waals surface area (Å²) in [5.74, 6) is 0.190. The Hall–Kier alpha value is -0.670. The number of hydrogen-bond acceptors (Lipinski definition) is 2. The Kier molecular flexibility index (Phi) is 4.28. The molecule has 0 fully saturated rings. The van der Waals surface area contributed by atoms with E-state index in [9.17, 15) is 4.79 Å². The van der Waals surface area contributed by atoms with Crippen molar-refractivity contribution in [1.29, 1.82) is 0 Å². The second-order valence-electron chi connectivity index (χ2n) is 4.55. The van der Waals surface area contributed by atoms with Crippen molar-refractivity contribution in [2.45, 2.75) is 26.8 Å². The largest absolute Gasteiger partial charge is 0.312 e. The van der Waals surface area contributed by atoms with Crippen LogP contribution in [0.5, 0.6) is 0 Å². The summed E-state index contributed by atoms with van der Waals surface area (Å²) in [5.41, 5.74) is 0.730. The third-order valence-electron chi connectivity index (χ3n) is 3.12. The number of halogens is 1. The number of Topliss-reactive ketones (excluding diaryl/α,β-unsaturated/α-hetero) is 1. The lowest BCUT2D eigenvalue weighted by molar-refractivity contribution is -0.126. The van der Waals surface area contributed by atoms with Crippen LogP contribution in [-0.2, 0) is 4.79 Å². The lowest BCUT2D eigenvalue weighted by atomic mass is 9.77. The fourth-order valence-corrected chi connectivity index (χ4v) is 2.07. The van der Waals surface area contributed by atoms with Gasteiger partial charge in [-0.05, 0) is 31.7 Å². The Morgan fingerprint density at radius 2 is 1.81 bits per heavy atom. The highest BCUT2D eigenvalue weighted by molar-refractivity contribution is 9.10. The van der Waals surface area contributed by atoms with Crippen LogP contribution in [0.4, 0.5) is 0 Å². The molecule has 0 aliphatic heterocycles. The molecule has 88 valence electrons. The summed E-state index contributed by atoms with van der Waals surface area (Å²) in [6, 6.07) is 8.11. The van der Waals surface area contributed by atoms with Crippen LogP contribution in [-0.4, -0.2) is 12.8 Å². The van der Waals surface area contributed by atoms with Crippen LogP contribution in [0.3, 0.4) is 0 Å². The molecule has 0 spiro atoms. The molecule has 1 aromatic rings. The first-order chi connectivity index (χ1) is 7.39. The zero-order valence-corrected chi connectivity index (χ0v) is 11.8. The molecule has 1 aromatic carbocycles. The van der Waals surface area contributed by atoms with Crippen molar-refractivity contribution < 1.29 is 4.79 Å². The maximum atomic E-state index is 11.7. The predicted octanol–water partition coefficient (Wildman–Crippen LogP) is 3.32. The van der Waals surface area contributed by atoms with Gasteiger partial charge >= 0.3 is 0 Å². The summed E-state index contributed by atoms with van der Waals surface area (Å²) in [6.45, 7) is 5.58. The van der Waals surface area contributed by atoms with Crippen molar-refractivity contribution in [2.75, 3.05) is 7.05 Å². The van der Waals surface area contributed by atoms with E-state index in [0.29, 0.717) is 0 Å². The van der Waals surface area contributed by atoms with Crippen molar-refractivity contribution in [1.82, 2.24) is 5.32 Å². The fourth-order valence-electron chi connectivity index (χ4n) is 1.80. The molecule has 0 saturated heterocycles. The van der Waals surface area contributed by atoms with Crippen LogP contribution in [0.25, 0.3) is 0 Å². The van der Waals surface area contributed by atoms with Crippen LogP contribution >= 0.6 is 15.9 Å². The van der Waals surface area contributed by atoms with E-state index in [0.717, 1.165) is 10.0 Å². The lowest BCUT2D eigenvalue weighted by Gasteiger charge is -2.32. The molecule has 3 heteroatoms. The smallest absolute Gasteiger partial charge is 0.137 e. The van der Waals surface area contributed by atoms with Crippen molar-refractivity contribution in [3.05, 3.63) is 34.3 Å². The second-order valence-corrected chi connectivity index (χ2v) is 5.47. The third kappa shape index (κ3) is 2.71.